The second-order valence-corrected chi connectivity index (χ2v) is 4.40. The van der Waals surface area contributed by atoms with Crippen LogP contribution in [0.2, 0.25) is 0 Å². The van der Waals surface area contributed by atoms with Crippen LogP contribution in [-0.4, -0.2) is 4.98 Å². The minimum Gasteiger partial charge on any atom is -0.359 e. The van der Waals surface area contributed by atoms with Gasteiger partial charge in [0.1, 0.15) is 0 Å². The Labute approximate surface area is 96.1 Å². The van der Waals surface area contributed by atoms with Crippen molar-refractivity contribution in [2.75, 3.05) is 0 Å². The van der Waals surface area contributed by atoms with Gasteiger partial charge in [-0.1, -0.05) is 40.7 Å². The van der Waals surface area contributed by atoms with Crippen LogP contribution < -0.4 is 0 Å². The van der Waals surface area contributed by atoms with E-state index in [-0.39, 0.29) is 1.43 Å². The molecule has 0 aliphatic heterocycles. The molecular formula is C14H27N. The highest BCUT2D eigenvalue weighted by atomic mass is 14.7. The quantitative estimate of drug-likeness (QED) is 0.734. The molecule has 0 bridgehead atoms. The van der Waals surface area contributed by atoms with Crippen molar-refractivity contribution < 1.29 is 1.43 Å². The van der Waals surface area contributed by atoms with Crippen molar-refractivity contribution in [1.29, 1.82) is 0 Å². The van der Waals surface area contributed by atoms with Gasteiger partial charge < -0.3 is 4.98 Å². The summed E-state index contributed by atoms with van der Waals surface area (Å²) in [6, 6.07) is 2.21. The summed E-state index contributed by atoms with van der Waals surface area (Å²) in [5.41, 5.74) is 3.77. The van der Waals surface area contributed by atoms with Crippen LogP contribution in [0, 0.1) is 12.8 Å². The zero-order valence-electron chi connectivity index (χ0n) is 10.9. The van der Waals surface area contributed by atoms with Crippen LogP contribution in [-0.2, 0) is 6.42 Å². The highest BCUT2D eigenvalue weighted by Gasteiger charge is 2.02. The number of aromatic amines is 1. The lowest BCUT2D eigenvalue weighted by Crippen LogP contribution is -1.93. The van der Waals surface area contributed by atoms with Gasteiger partial charge in [-0.2, -0.15) is 0 Å². The smallest absolute Gasteiger partial charge is 0.0406 e. The molecule has 1 rings (SSSR count). The van der Waals surface area contributed by atoms with Gasteiger partial charge in [0, 0.05) is 12.8 Å². The van der Waals surface area contributed by atoms with Gasteiger partial charge in [-0.25, -0.2) is 0 Å². The summed E-state index contributed by atoms with van der Waals surface area (Å²) in [4.78, 5) is 3.34. The van der Waals surface area contributed by atoms with E-state index in [2.05, 4.69) is 52.2 Å². The molecule has 15 heavy (non-hydrogen) atoms. The Hall–Kier alpha value is -0.980. The Morgan fingerprint density at radius 1 is 1.47 bits per heavy atom. The van der Waals surface area contributed by atoms with Crippen molar-refractivity contribution in [3.63, 3.8) is 0 Å². The fourth-order valence-corrected chi connectivity index (χ4v) is 1.41. The van der Waals surface area contributed by atoms with Gasteiger partial charge in [-0.15, -0.1) is 0 Å². The van der Waals surface area contributed by atoms with Crippen LogP contribution in [0.4, 0.5) is 0 Å². The van der Waals surface area contributed by atoms with Crippen molar-refractivity contribution >= 4 is 6.08 Å². The summed E-state index contributed by atoms with van der Waals surface area (Å²) in [6.45, 7) is 14.6. The van der Waals surface area contributed by atoms with Crippen LogP contribution in [0.25, 0.3) is 6.08 Å². The molecule has 0 aliphatic carbocycles. The van der Waals surface area contributed by atoms with Crippen LogP contribution in [0.5, 0.6) is 0 Å². The van der Waals surface area contributed by atoms with Crippen LogP contribution in [0.3, 0.4) is 0 Å². The van der Waals surface area contributed by atoms with E-state index in [0.717, 1.165) is 12.1 Å². The number of hydrogen-bond acceptors (Lipinski definition) is 0. The lowest BCUT2D eigenvalue weighted by Gasteiger charge is -2.00. The number of hydrogen-bond donors (Lipinski definition) is 1. The zero-order valence-corrected chi connectivity index (χ0v) is 10.9. The molecule has 1 aromatic rings. The van der Waals surface area contributed by atoms with Gasteiger partial charge in [0.15, 0.2) is 0 Å². The lowest BCUT2D eigenvalue weighted by molar-refractivity contribution is 0.637. The molecule has 0 saturated heterocycles. The average molecular weight is 209 g/mol. The first-order valence-electron chi connectivity index (χ1n) is 5.85. The van der Waals surface area contributed by atoms with Gasteiger partial charge in [0.05, 0.1) is 0 Å². The number of aromatic nitrogens is 1. The van der Waals surface area contributed by atoms with Crippen molar-refractivity contribution in [1.82, 2.24) is 4.98 Å². The van der Waals surface area contributed by atoms with Crippen molar-refractivity contribution in [3.05, 3.63) is 29.6 Å². The molecular weight excluding hydrogens is 182 g/mol. The molecule has 0 aliphatic rings. The standard InChI is InChI=1S/C11H17N.C3H8.H2/c1-5-11-9(4)7-10(12-11)6-8(2)3;1-3-2;/h5,7-8,12H,1,6H2,2-4H3;3H2,1-2H3;1H. The zero-order chi connectivity index (χ0) is 11.8. The molecule has 0 saturated carbocycles. The first-order chi connectivity index (χ1) is 7.04. The number of nitrogens with one attached hydrogen (secondary N) is 1. The van der Waals surface area contributed by atoms with E-state index < -0.39 is 0 Å². The predicted octanol–water partition coefficient (Wildman–Crippen LogP) is 4.83. The third kappa shape index (κ3) is 5.46. The molecule has 1 heterocycles. The number of aryl methyl sites for hydroxylation is 1. The molecule has 88 valence electrons. The summed E-state index contributed by atoms with van der Waals surface area (Å²) >= 11 is 0. The highest BCUT2D eigenvalue weighted by molar-refractivity contribution is 5.48. The fourth-order valence-electron chi connectivity index (χ4n) is 1.41. The molecule has 1 N–H and O–H groups in total. The second kappa shape index (κ2) is 7.33. The summed E-state index contributed by atoms with van der Waals surface area (Å²) in [7, 11) is 0. The summed E-state index contributed by atoms with van der Waals surface area (Å²) < 4.78 is 0. The molecule has 0 radical (unpaired) electrons. The monoisotopic (exact) mass is 209 g/mol. The number of H-pyrrole nitrogens is 1. The van der Waals surface area contributed by atoms with Crippen molar-refractivity contribution in [3.8, 4) is 0 Å². The fraction of sp³-hybridized carbons (Fsp3) is 0.571. The van der Waals surface area contributed by atoms with Gasteiger partial charge >= 0.3 is 0 Å². The topological polar surface area (TPSA) is 15.8 Å². The van der Waals surface area contributed by atoms with Crippen LogP contribution in [0.1, 0.15) is 52.5 Å². The molecule has 0 amide bonds. The third-order valence-corrected chi connectivity index (χ3v) is 1.94. The average Bonchev–Trinajstić information content (AvgIpc) is 2.46. The second-order valence-electron chi connectivity index (χ2n) is 4.40. The van der Waals surface area contributed by atoms with E-state index in [4.69, 9.17) is 0 Å². The third-order valence-electron chi connectivity index (χ3n) is 1.94. The maximum absolute atomic E-state index is 3.75. The maximum Gasteiger partial charge on any atom is 0.0406 e. The van der Waals surface area contributed by atoms with E-state index in [1.165, 1.54) is 17.7 Å². The van der Waals surface area contributed by atoms with Gasteiger partial charge in [-0.3, -0.25) is 0 Å². The molecule has 0 spiro atoms. The Balaban J connectivity index is 0. The SMILES string of the molecule is C=Cc1[nH]c(CC(C)C)cc1C.CCC.[HH]. The van der Waals surface area contributed by atoms with E-state index in [0.29, 0.717) is 5.92 Å². The lowest BCUT2D eigenvalue weighted by atomic mass is 10.1. The molecule has 1 heteroatoms. The molecule has 0 fully saturated rings. The Morgan fingerprint density at radius 2 is 2.00 bits per heavy atom. The van der Waals surface area contributed by atoms with Gasteiger partial charge in [-0.05, 0) is 37.0 Å². The normalized spacial score (nSPS) is 9.73. The highest BCUT2D eigenvalue weighted by Crippen LogP contribution is 2.13. The first kappa shape index (κ1) is 14.0. The maximum atomic E-state index is 3.75. The van der Waals surface area contributed by atoms with Gasteiger partial charge in [0.2, 0.25) is 0 Å². The summed E-state index contributed by atoms with van der Waals surface area (Å²) in [6.07, 6.45) is 4.24. The predicted molar refractivity (Wildman–Crippen MR) is 72.2 cm³/mol. The summed E-state index contributed by atoms with van der Waals surface area (Å²) in [5.74, 6) is 0.709. The molecule has 0 atom stereocenters. The molecule has 1 aromatic heterocycles. The minimum atomic E-state index is 0. The Kier molecular flexibility index (Phi) is 6.85. The molecule has 0 unspecified atom stereocenters. The molecule has 1 nitrogen and oxygen atoms in total. The number of rotatable bonds is 3. The Bertz CT molecular complexity index is 287. The van der Waals surface area contributed by atoms with E-state index in [1.54, 1.807) is 0 Å². The van der Waals surface area contributed by atoms with E-state index in [1.807, 2.05) is 6.08 Å². The Morgan fingerprint density at radius 3 is 2.33 bits per heavy atom. The first-order valence-corrected chi connectivity index (χ1v) is 5.85. The summed E-state index contributed by atoms with van der Waals surface area (Å²) in [5, 5.41) is 0. The van der Waals surface area contributed by atoms with Crippen LogP contribution in [0.15, 0.2) is 12.6 Å². The van der Waals surface area contributed by atoms with Crippen molar-refractivity contribution in [2.45, 2.75) is 47.5 Å². The van der Waals surface area contributed by atoms with Crippen molar-refractivity contribution in [2.24, 2.45) is 5.92 Å². The van der Waals surface area contributed by atoms with Crippen LogP contribution >= 0.6 is 0 Å². The largest absolute Gasteiger partial charge is 0.359 e. The minimum absolute atomic E-state index is 0. The molecule has 0 aromatic carbocycles. The van der Waals surface area contributed by atoms with Gasteiger partial charge in [0.25, 0.3) is 0 Å². The van der Waals surface area contributed by atoms with E-state index >= 15 is 0 Å². The van der Waals surface area contributed by atoms with E-state index in [9.17, 15) is 0 Å².